The van der Waals surface area contributed by atoms with Crippen molar-refractivity contribution in [2.75, 3.05) is 6.54 Å². The van der Waals surface area contributed by atoms with Gasteiger partial charge in [-0.1, -0.05) is 30.3 Å². The van der Waals surface area contributed by atoms with Gasteiger partial charge in [0.25, 0.3) is 0 Å². The van der Waals surface area contributed by atoms with Gasteiger partial charge in [0.2, 0.25) is 11.8 Å². The summed E-state index contributed by atoms with van der Waals surface area (Å²) in [5, 5.41) is 5.24. The summed E-state index contributed by atoms with van der Waals surface area (Å²) in [6.07, 6.45) is 4.35. The van der Waals surface area contributed by atoms with Crippen LogP contribution in [0.25, 0.3) is 0 Å². The predicted molar refractivity (Wildman–Crippen MR) is 103 cm³/mol. The number of carbonyl (C=O) groups is 2. The fraction of sp³-hybridized carbons (Fsp3) is 0.429. The molecule has 2 aromatic rings. The first-order chi connectivity index (χ1) is 12.6. The molecule has 2 aliphatic heterocycles. The summed E-state index contributed by atoms with van der Waals surface area (Å²) in [6.45, 7) is 1.50. The molecular weight excluding hydrogens is 344 g/mol. The summed E-state index contributed by atoms with van der Waals surface area (Å²) in [7, 11) is 0. The zero-order valence-corrected chi connectivity index (χ0v) is 15.7. The second-order valence-electron chi connectivity index (χ2n) is 7.42. The molecule has 0 bridgehead atoms. The van der Waals surface area contributed by atoms with Gasteiger partial charge in [-0.05, 0) is 41.8 Å². The van der Waals surface area contributed by atoms with Crippen LogP contribution in [0.5, 0.6) is 0 Å². The Hall–Kier alpha value is -2.14. The molecule has 1 aromatic heterocycles. The van der Waals surface area contributed by atoms with Crippen molar-refractivity contribution in [3.05, 3.63) is 57.8 Å². The summed E-state index contributed by atoms with van der Waals surface area (Å²) in [6, 6.07) is 12.5. The van der Waals surface area contributed by atoms with Gasteiger partial charge in [-0.15, -0.1) is 11.3 Å². The topological polar surface area (TPSA) is 49.4 Å². The first-order valence-electron chi connectivity index (χ1n) is 9.32. The van der Waals surface area contributed by atoms with Crippen LogP contribution >= 0.6 is 11.3 Å². The van der Waals surface area contributed by atoms with E-state index in [0.717, 1.165) is 25.8 Å². The van der Waals surface area contributed by atoms with Crippen LogP contribution in [0.1, 0.15) is 41.7 Å². The van der Waals surface area contributed by atoms with E-state index in [1.807, 2.05) is 17.0 Å². The highest BCUT2D eigenvalue weighted by molar-refractivity contribution is 7.09. The molecule has 1 saturated heterocycles. The van der Waals surface area contributed by atoms with Crippen LogP contribution in [0.2, 0.25) is 0 Å². The third-order valence-corrected chi connectivity index (χ3v) is 6.51. The van der Waals surface area contributed by atoms with Crippen molar-refractivity contribution >= 4 is 23.2 Å². The van der Waals surface area contributed by atoms with Crippen LogP contribution < -0.4 is 5.32 Å². The molecule has 0 saturated carbocycles. The lowest BCUT2D eigenvalue weighted by Crippen LogP contribution is -2.45. The third-order valence-electron chi connectivity index (χ3n) is 5.63. The minimum atomic E-state index is -0.259. The van der Waals surface area contributed by atoms with Crippen LogP contribution in [-0.2, 0) is 29.0 Å². The van der Waals surface area contributed by atoms with Gasteiger partial charge in [0.15, 0.2) is 0 Å². The van der Waals surface area contributed by atoms with E-state index >= 15 is 0 Å². The van der Waals surface area contributed by atoms with Crippen LogP contribution in [-0.4, -0.2) is 28.8 Å². The smallest absolute Gasteiger partial charge is 0.222 e. The quantitative estimate of drug-likeness (QED) is 0.880. The summed E-state index contributed by atoms with van der Waals surface area (Å²) in [5.74, 6) is 0.312. The Kier molecular flexibility index (Phi) is 4.81. The SMILES string of the molecule is O=C1CCC(CCC(=O)N2CCc3ccccc3C2)(Cc2cccs2)N1. The maximum Gasteiger partial charge on any atom is 0.222 e. The minimum Gasteiger partial charge on any atom is -0.350 e. The first kappa shape index (κ1) is 17.3. The van der Waals surface area contributed by atoms with E-state index in [1.165, 1.54) is 16.0 Å². The van der Waals surface area contributed by atoms with E-state index in [9.17, 15) is 9.59 Å². The molecule has 0 aliphatic carbocycles. The highest BCUT2D eigenvalue weighted by Crippen LogP contribution is 2.31. The molecule has 3 heterocycles. The fourth-order valence-corrected chi connectivity index (χ4v) is 4.99. The minimum absolute atomic E-state index is 0.112. The molecule has 0 spiro atoms. The molecule has 136 valence electrons. The lowest BCUT2D eigenvalue weighted by Gasteiger charge is -2.32. The summed E-state index contributed by atoms with van der Waals surface area (Å²) < 4.78 is 0. The normalized spacial score (nSPS) is 22.2. The van der Waals surface area contributed by atoms with E-state index in [-0.39, 0.29) is 17.4 Å². The van der Waals surface area contributed by atoms with Crippen LogP contribution in [0.3, 0.4) is 0 Å². The Labute approximate surface area is 158 Å². The Morgan fingerprint density at radius 3 is 2.73 bits per heavy atom. The van der Waals surface area contributed by atoms with Gasteiger partial charge in [0.05, 0.1) is 0 Å². The van der Waals surface area contributed by atoms with Crippen LogP contribution in [0.4, 0.5) is 0 Å². The molecule has 1 atom stereocenters. The number of nitrogens with one attached hydrogen (secondary N) is 1. The van der Waals surface area contributed by atoms with Crippen molar-refractivity contribution < 1.29 is 9.59 Å². The highest BCUT2D eigenvalue weighted by atomic mass is 32.1. The van der Waals surface area contributed by atoms with E-state index in [1.54, 1.807) is 11.3 Å². The molecule has 1 aromatic carbocycles. The average Bonchev–Trinajstić information content (AvgIpc) is 3.29. The van der Waals surface area contributed by atoms with Gasteiger partial charge in [0, 0.05) is 42.8 Å². The molecule has 2 aliphatic rings. The third kappa shape index (κ3) is 3.68. The average molecular weight is 369 g/mol. The zero-order valence-electron chi connectivity index (χ0n) is 14.9. The van der Waals surface area contributed by atoms with E-state index in [4.69, 9.17) is 0 Å². The van der Waals surface area contributed by atoms with Crippen molar-refractivity contribution in [2.45, 2.75) is 50.6 Å². The predicted octanol–water partition coefficient (Wildman–Crippen LogP) is 3.30. The van der Waals surface area contributed by atoms with E-state index in [2.05, 4.69) is 35.0 Å². The largest absolute Gasteiger partial charge is 0.350 e. The number of carbonyl (C=O) groups excluding carboxylic acids is 2. The molecule has 2 amide bonds. The monoisotopic (exact) mass is 368 g/mol. The molecule has 1 unspecified atom stereocenters. The Bertz CT molecular complexity index is 802. The molecule has 4 rings (SSSR count). The number of amides is 2. The zero-order chi connectivity index (χ0) is 18.0. The van der Waals surface area contributed by atoms with Crippen molar-refractivity contribution in [2.24, 2.45) is 0 Å². The molecule has 26 heavy (non-hydrogen) atoms. The molecule has 1 N–H and O–H groups in total. The van der Waals surface area contributed by atoms with Crippen molar-refractivity contribution in [1.29, 1.82) is 0 Å². The van der Waals surface area contributed by atoms with Crippen molar-refractivity contribution in [1.82, 2.24) is 10.2 Å². The number of benzene rings is 1. The fourth-order valence-electron chi connectivity index (χ4n) is 4.14. The van der Waals surface area contributed by atoms with Gasteiger partial charge < -0.3 is 10.2 Å². The molecule has 4 nitrogen and oxygen atoms in total. The maximum atomic E-state index is 12.8. The number of hydrogen-bond acceptors (Lipinski definition) is 3. The number of fused-ring (bicyclic) bond motifs is 1. The Morgan fingerprint density at radius 2 is 2.00 bits per heavy atom. The maximum absolute atomic E-state index is 12.8. The standard InChI is InChI=1S/C21H24N2O2S/c24-19-7-10-21(22-19,14-18-6-3-13-26-18)11-8-20(25)23-12-9-16-4-1-2-5-17(16)15-23/h1-6,13H,7-12,14-15H2,(H,22,24). The Balaban J connectivity index is 1.40. The Morgan fingerprint density at radius 1 is 1.15 bits per heavy atom. The molecule has 0 radical (unpaired) electrons. The summed E-state index contributed by atoms with van der Waals surface area (Å²) in [4.78, 5) is 27.9. The van der Waals surface area contributed by atoms with Gasteiger partial charge in [-0.25, -0.2) is 0 Å². The van der Waals surface area contributed by atoms with Crippen LogP contribution in [0, 0.1) is 0 Å². The summed E-state index contributed by atoms with van der Waals surface area (Å²) in [5.41, 5.74) is 2.36. The van der Waals surface area contributed by atoms with Gasteiger partial charge >= 0.3 is 0 Å². The van der Waals surface area contributed by atoms with Crippen LogP contribution in [0.15, 0.2) is 41.8 Å². The lowest BCUT2D eigenvalue weighted by atomic mass is 9.87. The van der Waals surface area contributed by atoms with Gasteiger partial charge in [-0.3, -0.25) is 9.59 Å². The van der Waals surface area contributed by atoms with Crippen molar-refractivity contribution in [3.8, 4) is 0 Å². The van der Waals surface area contributed by atoms with Crippen molar-refractivity contribution in [3.63, 3.8) is 0 Å². The highest BCUT2D eigenvalue weighted by Gasteiger charge is 2.38. The second kappa shape index (κ2) is 7.23. The number of thiophene rings is 1. The first-order valence-corrected chi connectivity index (χ1v) is 10.2. The molecule has 5 heteroatoms. The number of rotatable bonds is 5. The molecular formula is C21H24N2O2S. The second-order valence-corrected chi connectivity index (χ2v) is 8.45. The number of hydrogen-bond donors (Lipinski definition) is 1. The van der Waals surface area contributed by atoms with Gasteiger partial charge in [0.1, 0.15) is 0 Å². The molecule has 1 fully saturated rings. The summed E-state index contributed by atoms with van der Waals surface area (Å²) >= 11 is 1.72. The van der Waals surface area contributed by atoms with E-state index < -0.39 is 0 Å². The van der Waals surface area contributed by atoms with Gasteiger partial charge in [-0.2, -0.15) is 0 Å². The number of nitrogens with zero attached hydrogens (tertiary/aromatic N) is 1. The lowest BCUT2D eigenvalue weighted by molar-refractivity contribution is -0.132. The van der Waals surface area contributed by atoms with E-state index in [0.29, 0.717) is 25.8 Å².